The summed E-state index contributed by atoms with van der Waals surface area (Å²) in [4.78, 5) is 15.9. The van der Waals surface area contributed by atoms with Crippen LogP contribution in [-0.2, 0) is 12.0 Å². The first-order valence-corrected chi connectivity index (χ1v) is 9.83. The van der Waals surface area contributed by atoms with E-state index >= 15 is 0 Å². The van der Waals surface area contributed by atoms with Crippen molar-refractivity contribution in [3.63, 3.8) is 0 Å². The Labute approximate surface area is 172 Å². The monoisotopic (exact) mass is 421 g/mol. The van der Waals surface area contributed by atoms with E-state index in [4.69, 9.17) is 33.2 Å². The van der Waals surface area contributed by atoms with Gasteiger partial charge < -0.3 is 10.0 Å². The van der Waals surface area contributed by atoms with Crippen molar-refractivity contribution in [2.24, 2.45) is 0 Å². The lowest BCUT2D eigenvalue weighted by molar-refractivity contribution is 0.198. The Morgan fingerprint density at radius 2 is 2.04 bits per heavy atom. The van der Waals surface area contributed by atoms with Crippen LogP contribution in [0.1, 0.15) is 38.7 Å². The maximum absolute atomic E-state index is 9.96. The largest absolute Gasteiger partial charge is 0.391 e. The topological polar surface area (TPSA) is 92.8 Å². The molecule has 0 saturated carbocycles. The number of halogens is 2. The van der Waals surface area contributed by atoms with Gasteiger partial charge in [0.05, 0.1) is 28.4 Å². The molecule has 1 aliphatic rings. The lowest BCUT2D eigenvalue weighted by Gasteiger charge is -2.21. The van der Waals surface area contributed by atoms with Gasteiger partial charge in [-0.05, 0) is 12.5 Å². The van der Waals surface area contributed by atoms with Crippen LogP contribution in [0, 0.1) is 0 Å². The molecule has 0 spiro atoms. The third-order valence-electron chi connectivity index (χ3n) is 4.69. The zero-order valence-corrected chi connectivity index (χ0v) is 17.4. The number of anilines is 1. The lowest BCUT2D eigenvalue weighted by Crippen LogP contribution is -2.25. The SMILES string of the molecule is CC(C)(C)c1nc(N2CC[C@H](O)C2)c2nnn(Cc3nccc(Cl)c3Cl)c2n1. The number of β-amino-alcohol motifs (C(OH)–C–C–N with tert-alkyl or cyclic N) is 1. The highest BCUT2D eigenvalue weighted by Crippen LogP contribution is 2.30. The molecule has 1 N–H and O–H groups in total. The molecular weight excluding hydrogens is 401 g/mol. The van der Waals surface area contributed by atoms with Gasteiger partial charge in [-0.15, -0.1) is 5.10 Å². The van der Waals surface area contributed by atoms with Crippen LogP contribution in [0.15, 0.2) is 12.3 Å². The smallest absolute Gasteiger partial charge is 0.184 e. The number of rotatable bonds is 3. The Balaban J connectivity index is 1.84. The van der Waals surface area contributed by atoms with Gasteiger partial charge in [-0.25, -0.2) is 14.6 Å². The predicted molar refractivity (Wildman–Crippen MR) is 108 cm³/mol. The molecule has 10 heteroatoms. The predicted octanol–water partition coefficient (Wildman–Crippen LogP) is 2.84. The molecule has 148 valence electrons. The molecule has 4 rings (SSSR count). The first kappa shape index (κ1) is 19.3. The van der Waals surface area contributed by atoms with Gasteiger partial charge in [0.2, 0.25) is 0 Å². The van der Waals surface area contributed by atoms with E-state index in [1.807, 2.05) is 4.90 Å². The van der Waals surface area contributed by atoms with Crippen LogP contribution in [0.5, 0.6) is 0 Å². The Morgan fingerprint density at radius 1 is 1.25 bits per heavy atom. The minimum Gasteiger partial charge on any atom is -0.391 e. The van der Waals surface area contributed by atoms with Gasteiger partial charge in [-0.3, -0.25) is 4.98 Å². The third kappa shape index (κ3) is 3.52. The summed E-state index contributed by atoms with van der Waals surface area (Å²) >= 11 is 12.4. The Hall–Kier alpha value is -2.03. The molecule has 3 aromatic heterocycles. The highest BCUT2D eigenvalue weighted by atomic mass is 35.5. The fraction of sp³-hybridized carbons (Fsp3) is 0.500. The van der Waals surface area contributed by atoms with Crippen molar-refractivity contribution in [1.82, 2.24) is 29.9 Å². The second-order valence-corrected chi connectivity index (χ2v) is 8.77. The van der Waals surface area contributed by atoms with E-state index in [1.165, 1.54) is 0 Å². The molecule has 3 aromatic rings. The highest BCUT2D eigenvalue weighted by molar-refractivity contribution is 6.42. The van der Waals surface area contributed by atoms with Crippen molar-refractivity contribution in [3.8, 4) is 0 Å². The number of aliphatic hydroxyl groups excluding tert-OH is 1. The fourth-order valence-corrected chi connectivity index (χ4v) is 3.49. The summed E-state index contributed by atoms with van der Waals surface area (Å²) in [5.74, 6) is 1.38. The van der Waals surface area contributed by atoms with E-state index in [-0.39, 0.29) is 11.5 Å². The zero-order valence-electron chi connectivity index (χ0n) is 15.9. The molecule has 0 unspecified atom stereocenters. The average Bonchev–Trinajstić information content (AvgIpc) is 3.24. The molecule has 1 atom stereocenters. The van der Waals surface area contributed by atoms with Crippen LogP contribution >= 0.6 is 23.2 Å². The normalized spacial score (nSPS) is 17.6. The summed E-state index contributed by atoms with van der Waals surface area (Å²) in [6.07, 6.45) is 1.94. The maximum Gasteiger partial charge on any atom is 0.184 e. The van der Waals surface area contributed by atoms with Crippen LogP contribution in [0.25, 0.3) is 11.2 Å². The van der Waals surface area contributed by atoms with Crippen LogP contribution in [-0.4, -0.2) is 54.2 Å². The van der Waals surface area contributed by atoms with Crippen molar-refractivity contribution >= 4 is 40.2 Å². The van der Waals surface area contributed by atoms with Crippen molar-refractivity contribution in [2.45, 2.75) is 45.3 Å². The Bertz CT molecular complexity index is 1030. The summed E-state index contributed by atoms with van der Waals surface area (Å²) in [5, 5.41) is 19.4. The molecule has 4 heterocycles. The first-order valence-electron chi connectivity index (χ1n) is 9.07. The highest BCUT2D eigenvalue weighted by Gasteiger charge is 2.29. The van der Waals surface area contributed by atoms with Gasteiger partial charge >= 0.3 is 0 Å². The number of pyridine rings is 1. The molecule has 8 nitrogen and oxygen atoms in total. The second-order valence-electron chi connectivity index (χ2n) is 7.98. The van der Waals surface area contributed by atoms with Crippen LogP contribution in [0.4, 0.5) is 5.82 Å². The zero-order chi connectivity index (χ0) is 20.1. The standard InChI is InChI=1S/C18H21Cl2N7O/c1-18(2,3)17-22-15(26-7-5-10(28)8-26)14-16(23-17)27(25-24-14)9-12-13(20)11(19)4-6-21-12/h4,6,10,28H,5,7-9H2,1-3H3/t10-/m0/s1. The van der Waals surface area contributed by atoms with Gasteiger partial charge in [0.25, 0.3) is 0 Å². The third-order valence-corrected chi connectivity index (χ3v) is 5.53. The van der Waals surface area contributed by atoms with E-state index in [9.17, 15) is 5.11 Å². The van der Waals surface area contributed by atoms with Gasteiger partial charge in [0.15, 0.2) is 17.0 Å². The van der Waals surface area contributed by atoms with Crippen LogP contribution in [0.2, 0.25) is 10.0 Å². The van der Waals surface area contributed by atoms with Crippen molar-refractivity contribution in [2.75, 3.05) is 18.0 Å². The fourth-order valence-electron chi connectivity index (χ4n) is 3.15. The Kier molecular flexibility index (Phi) is 4.89. The molecule has 1 fully saturated rings. The second kappa shape index (κ2) is 7.09. The molecule has 0 bridgehead atoms. The van der Waals surface area contributed by atoms with E-state index in [1.54, 1.807) is 16.9 Å². The van der Waals surface area contributed by atoms with Crippen LogP contribution < -0.4 is 4.90 Å². The lowest BCUT2D eigenvalue weighted by atomic mass is 9.96. The van der Waals surface area contributed by atoms with Gasteiger partial charge in [0, 0.05) is 24.7 Å². The van der Waals surface area contributed by atoms with E-state index in [0.29, 0.717) is 64.6 Å². The maximum atomic E-state index is 9.96. The van der Waals surface area contributed by atoms with Gasteiger partial charge in [0.1, 0.15) is 5.82 Å². The van der Waals surface area contributed by atoms with E-state index in [2.05, 4.69) is 36.1 Å². The summed E-state index contributed by atoms with van der Waals surface area (Å²) < 4.78 is 1.66. The van der Waals surface area contributed by atoms with Gasteiger partial charge in [-0.1, -0.05) is 49.2 Å². The molecule has 1 saturated heterocycles. The minimum absolute atomic E-state index is 0.262. The molecule has 0 aromatic carbocycles. The summed E-state index contributed by atoms with van der Waals surface area (Å²) in [7, 11) is 0. The van der Waals surface area contributed by atoms with Crippen molar-refractivity contribution in [1.29, 1.82) is 0 Å². The number of hydrogen-bond acceptors (Lipinski definition) is 7. The molecule has 0 radical (unpaired) electrons. The summed E-state index contributed by atoms with van der Waals surface area (Å²) in [5.41, 5.74) is 1.53. The first-order chi connectivity index (χ1) is 13.2. The Morgan fingerprint density at radius 3 is 2.71 bits per heavy atom. The number of hydrogen-bond donors (Lipinski definition) is 1. The number of aliphatic hydroxyl groups is 1. The molecule has 1 aliphatic heterocycles. The number of nitrogens with zero attached hydrogens (tertiary/aromatic N) is 7. The van der Waals surface area contributed by atoms with Crippen LogP contribution in [0.3, 0.4) is 0 Å². The van der Waals surface area contributed by atoms with E-state index in [0.717, 1.165) is 0 Å². The average molecular weight is 422 g/mol. The molecule has 28 heavy (non-hydrogen) atoms. The van der Waals surface area contributed by atoms with Crippen molar-refractivity contribution < 1.29 is 5.11 Å². The number of fused-ring (bicyclic) bond motifs is 1. The minimum atomic E-state index is -0.368. The molecular formula is C18H21Cl2N7O. The molecule has 0 aliphatic carbocycles. The summed E-state index contributed by atoms with van der Waals surface area (Å²) in [6, 6.07) is 1.64. The molecule has 0 amide bonds. The van der Waals surface area contributed by atoms with Gasteiger partial charge in [-0.2, -0.15) is 0 Å². The number of aromatic nitrogens is 6. The summed E-state index contributed by atoms with van der Waals surface area (Å²) in [6.45, 7) is 7.69. The van der Waals surface area contributed by atoms with Crippen molar-refractivity contribution in [3.05, 3.63) is 33.8 Å². The quantitative estimate of drug-likeness (QED) is 0.694. The van der Waals surface area contributed by atoms with E-state index < -0.39 is 0 Å².